The van der Waals surface area contributed by atoms with Crippen LogP contribution >= 0.6 is 0 Å². The summed E-state index contributed by atoms with van der Waals surface area (Å²) in [5.41, 5.74) is 2.49. The van der Waals surface area contributed by atoms with Crippen LogP contribution in [0, 0.1) is 11.7 Å². The van der Waals surface area contributed by atoms with Crippen molar-refractivity contribution in [3.8, 4) is 11.3 Å². The molecule has 1 atom stereocenters. The van der Waals surface area contributed by atoms with Crippen molar-refractivity contribution in [2.45, 2.75) is 46.8 Å². The van der Waals surface area contributed by atoms with E-state index in [-0.39, 0.29) is 12.4 Å². The Labute approximate surface area is 179 Å². The molecule has 0 radical (unpaired) electrons. The minimum atomic E-state index is -0.576. The largest absolute Gasteiger partial charge is 0.389 e. The zero-order valence-electron chi connectivity index (χ0n) is 18.9. The summed E-state index contributed by atoms with van der Waals surface area (Å²) in [7, 11) is 1.59. The molecule has 0 saturated heterocycles. The molecule has 0 aliphatic rings. The number of hydrogen-bond donors (Lipinski definition) is 1. The van der Waals surface area contributed by atoms with Gasteiger partial charge >= 0.3 is 0 Å². The second kappa shape index (κ2) is 12.0. The highest BCUT2D eigenvalue weighted by Crippen LogP contribution is 2.32. The molecule has 0 amide bonds. The molecule has 0 spiro atoms. The monoisotopic (exact) mass is 421 g/mol. The summed E-state index contributed by atoms with van der Waals surface area (Å²) in [5.74, 6) is 0.998. The van der Waals surface area contributed by atoms with E-state index in [1.807, 2.05) is 0 Å². The third kappa shape index (κ3) is 6.79. The maximum Gasteiger partial charge on any atom is 0.232 e. The molecule has 0 aliphatic heterocycles. The lowest BCUT2D eigenvalue weighted by molar-refractivity contribution is 0.0348. The van der Waals surface area contributed by atoms with Gasteiger partial charge in [0, 0.05) is 38.9 Å². The number of halogens is 1. The Morgan fingerprint density at radius 2 is 1.83 bits per heavy atom. The van der Waals surface area contributed by atoms with Crippen LogP contribution in [0.25, 0.3) is 11.3 Å². The Hall–Kier alpha value is -1.96. The van der Waals surface area contributed by atoms with Crippen molar-refractivity contribution in [1.29, 1.82) is 0 Å². The van der Waals surface area contributed by atoms with Crippen molar-refractivity contribution < 1.29 is 18.8 Å². The molecule has 0 fully saturated rings. The predicted octanol–water partition coefficient (Wildman–Crippen LogP) is 4.18. The van der Waals surface area contributed by atoms with E-state index in [0.717, 1.165) is 43.1 Å². The van der Waals surface area contributed by atoms with E-state index in [2.05, 4.69) is 42.7 Å². The minimum absolute atomic E-state index is 0.283. The van der Waals surface area contributed by atoms with Crippen LogP contribution in [-0.2, 0) is 11.3 Å². The summed E-state index contributed by atoms with van der Waals surface area (Å²) < 4.78 is 24.3. The number of hydrogen-bond acceptors (Lipinski definition) is 6. The first-order chi connectivity index (χ1) is 14.4. The second-order valence-corrected chi connectivity index (χ2v) is 8.02. The van der Waals surface area contributed by atoms with Gasteiger partial charge in [0.1, 0.15) is 11.5 Å². The summed E-state index contributed by atoms with van der Waals surface area (Å²) in [6.07, 6.45) is 0.436. The maximum atomic E-state index is 13.4. The fourth-order valence-corrected chi connectivity index (χ4v) is 3.48. The smallest absolute Gasteiger partial charge is 0.232 e. The fourth-order valence-electron chi connectivity index (χ4n) is 3.48. The van der Waals surface area contributed by atoms with Crippen LogP contribution in [0.2, 0.25) is 0 Å². The van der Waals surface area contributed by atoms with Gasteiger partial charge in [-0.15, -0.1) is 0 Å². The van der Waals surface area contributed by atoms with E-state index < -0.39 is 6.10 Å². The van der Waals surface area contributed by atoms with E-state index >= 15 is 0 Å². The Balaban J connectivity index is 2.39. The average molecular weight is 422 g/mol. The molecule has 1 aromatic carbocycles. The second-order valence-electron chi connectivity index (χ2n) is 8.02. The summed E-state index contributed by atoms with van der Waals surface area (Å²) in [5, 5.41) is 14.7. The number of aromatic nitrogens is 1. The first-order valence-electron chi connectivity index (χ1n) is 10.8. The molecular weight excluding hydrogens is 385 g/mol. The topological polar surface area (TPSA) is 62.0 Å². The van der Waals surface area contributed by atoms with Crippen molar-refractivity contribution in [1.82, 2.24) is 10.1 Å². The Morgan fingerprint density at radius 3 is 2.40 bits per heavy atom. The highest BCUT2D eigenvalue weighted by Gasteiger charge is 2.24. The summed E-state index contributed by atoms with van der Waals surface area (Å²) in [4.78, 5) is 4.35. The summed E-state index contributed by atoms with van der Waals surface area (Å²) in [6, 6.07) is 6.31. The average Bonchev–Trinajstić information content (AvgIpc) is 3.11. The van der Waals surface area contributed by atoms with Gasteiger partial charge in [-0.05, 0) is 57.0 Å². The lowest BCUT2D eigenvalue weighted by Gasteiger charge is -2.27. The van der Waals surface area contributed by atoms with Gasteiger partial charge in [-0.3, -0.25) is 4.90 Å². The quantitative estimate of drug-likeness (QED) is 0.523. The number of aliphatic hydroxyl groups excluding tert-OH is 1. The first-order valence-corrected chi connectivity index (χ1v) is 10.8. The van der Waals surface area contributed by atoms with Gasteiger partial charge in [0.2, 0.25) is 5.88 Å². The summed E-state index contributed by atoms with van der Waals surface area (Å²) >= 11 is 0. The molecule has 2 aromatic rings. The molecular formula is C23H36FN3O3. The lowest BCUT2D eigenvalue weighted by atomic mass is 10.1. The van der Waals surface area contributed by atoms with Crippen LogP contribution in [0.4, 0.5) is 10.3 Å². The molecule has 30 heavy (non-hydrogen) atoms. The highest BCUT2D eigenvalue weighted by atomic mass is 19.1. The molecule has 1 unspecified atom stereocenters. The fraction of sp³-hybridized carbons (Fsp3) is 0.609. The summed E-state index contributed by atoms with van der Waals surface area (Å²) in [6.45, 7) is 12.3. The van der Waals surface area contributed by atoms with Gasteiger partial charge in [-0.2, -0.15) is 0 Å². The van der Waals surface area contributed by atoms with E-state index in [1.165, 1.54) is 12.1 Å². The van der Waals surface area contributed by atoms with Crippen molar-refractivity contribution in [3.63, 3.8) is 0 Å². The van der Waals surface area contributed by atoms with Crippen LogP contribution in [0.15, 0.2) is 28.8 Å². The van der Waals surface area contributed by atoms with Crippen molar-refractivity contribution in [2.75, 3.05) is 44.8 Å². The van der Waals surface area contributed by atoms with Crippen LogP contribution in [0.1, 0.15) is 39.7 Å². The van der Waals surface area contributed by atoms with E-state index in [9.17, 15) is 9.50 Å². The molecule has 168 valence electrons. The van der Waals surface area contributed by atoms with Crippen molar-refractivity contribution in [3.05, 3.63) is 35.6 Å². The normalized spacial score (nSPS) is 12.7. The van der Waals surface area contributed by atoms with Gasteiger partial charge in [0.15, 0.2) is 0 Å². The van der Waals surface area contributed by atoms with E-state index in [1.54, 1.807) is 19.2 Å². The van der Waals surface area contributed by atoms with Crippen LogP contribution in [0.3, 0.4) is 0 Å². The molecule has 1 aromatic heterocycles. The van der Waals surface area contributed by atoms with Crippen LogP contribution in [-0.4, -0.2) is 61.2 Å². The number of methoxy groups -OCH3 is 1. The molecule has 7 heteroatoms. The van der Waals surface area contributed by atoms with Crippen molar-refractivity contribution >= 4 is 5.88 Å². The number of benzene rings is 1. The Bertz CT molecular complexity index is 745. The molecule has 1 heterocycles. The zero-order chi connectivity index (χ0) is 22.1. The SMILES string of the molecule is CCN(CC)c1onc(-c2ccc(F)cc2)c1CN(CCC(C)C)CC(O)COC. The van der Waals surface area contributed by atoms with Gasteiger partial charge in [0.25, 0.3) is 0 Å². The van der Waals surface area contributed by atoms with Gasteiger partial charge in [0.05, 0.1) is 18.3 Å². The molecule has 1 N–H and O–H groups in total. The van der Waals surface area contributed by atoms with Gasteiger partial charge in [-0.25, -0.2) is 4.39 Å². The van der Waals surface area contributed by atoms with Crippen molar-refractivity contribution in [2.24, 2.45) is 5.92 Å². The molecule has 2 rings (SSSR count). The number of anilines is 1. The lowest BCUT2D eigenvalue weighted by Crippen LogP contribution is -2.36. The Kier molecular flexibility index (Phi) is 9.75. The van der Waals surface area contributed by atoms with E-state index in [4.69, 9.17) is 9.26 Å². The minimum Gasteiger partial charge on any atom is -0.389 e. The predicted molar refractivity (Wildman–Crippen MR) is 118 cm³/mol. The standard InChI is InChI=1S/C23H36FN3O3/c1-6-27(7-2)23-21(22(25-30-23)18-8-10-19(24)11-9-18)15-26(13-12-17(3)4)14-20(28)16-29-5/h8-11,17,20,28H,6-7,12-16H2,1-5H3. The maximum absolute atomic E-state index is 13.4. The third-order valence-electron chi connectivity index (χ3n) is 5.17. The van der Waals surface area contributed by atoms with Gasteiger partial charge in [-0.1, -0.05) is 19.0 Å². The zero-order valence-corrected chi connectivity index (χ0v) is 18.9. The van der Waals surface area contributed by atoms with Crippen LogP contribution in [0.5, 0.6) is 0 Å². The molecule has 0 aliphatic carbocycles. The van der Waals surface area contributed by atoms with Gasteiger partial charge < -0.3 is 19.3 Å². The number of aliphatic hydroxyl groups is 1. The number of ether oxygens (including phenoxy) is 1. The number of nitrogens with zero attached hydrogens (tertiary/aromatic N) is 3. The third-order valence-corrected chi connectivity index (χ3v) is 5.17. The Morgan fingerprint density at radius 1 is 1.17 bits per heavy atom. The molecule has 0 bridgehead atoms. The molecule has 0 saturated carbocycles. The van der Waals surface area contributed by atoms with Crippen LogP contribution < -0.4 is 4.90 Å². The number of rotatable bonds is 13. The first kappa shape index (κ1) is 24.3. The van der Waals surface area contributed by atoms with E-state index in [0.29, 0.717) is 24.7 Å². The molecule has 6 nitrogen and oxygen atoms in total. The highest BCUT2D eigenvalue weighted by molar-refractivity contribution is 5.68.